The molecule has 0 radical (unpaired) electrons. The second kappa shape index (κ2) is 4.77. The van der Waals surface area contributed by atoms with Crippen LogP contribution in [0.3, 0.4) is 0 Å². The van der Waals surface area contributed by atoms with E-state index in [4.69, 9.17) is 5.11 Å². The van der Waals surface area contributed by atoms with Gasteiger partial charge in [-0.1, -0.05) is 19.3 Å². The molecular weight excluding hydrogens is 218 g/mol. The van der Waals surface area contributed by atoms with Crippen molar-refractivity contribution in [1.29, 1.82) is 0 Å². The van der Waals surface area contributed by atoms with Crippen LogP contribution in [-0.4, -0.2) is 34.5 Å². The molecule has 0 aromatic carbocycles. The second-order valence-electron chi connectivity index (χ2n) is 5.60. The fourth-order valence-corrected chi connectivity index (χ4v) is 3.24. The summed E-state index contributed by atoms with van der Waals surface area (Å²) in [5.74, 6) is -0.186. The summed E-state index contributed by atoms with van der Waals surface area (Å²) in [6, 6.07) is -0.379. The molecule has 2 amide bonds. The van der Waals surface area contributed by atoms with Gasteiger partial charge in [0.25, 0.3) is 0 Å². The zero-order valence-corrected chi connectivity index (χ0v) is 10.4. The number of piperidine rings is 1. The van der Waals surface area contributed by atoms with Crippen molar-refractivity contribution in [3.05, 3.63) is 0 Å². The van der Waals surface area contributed by atoms with E-state index in [-0.39, 0.29) is 29.9 Å². The molecule has 0 aromatic heterocycles. The standard InChI is InChI=1S/C13H21NO3/c1-10(9-15)14-11(16)7-13(8-12(14)17)5-3-2-4-6-13/h10,15H,2-9H2,1H3/t10-/m1/s1. The van der Waals surface area contributed by atoms with Gasteiger partial charge >= 0.3 is 0 Å². The SMILES string of the molecule is C[C@H](CO)N1C(=O)CC2(CCCCC2)CC1=O. The first-order chi connectivity index (χ1) is 8.08. The van der Waals surface area contributed by atoms with Crippen molar-refractivity contribution in [1.82, 2.24) is 4.90 Å². The number of nitrogens with zero attached hydrogens (tertiary/aromatic N) is 1. The quantitative estimate of drug-likeness (QED) is 0.742. The predicted octanol–water partition coefficient (Wildman–Crippen LogP) is 1.47. The number of aliphatic hydroxyl groups is 1. The third-order valence-electron chi connectivity index (χ3n) is 4.21. The normalized spacial score (nSPS) is 26.4. The Morgan fingerprint density at radius 1 is 1.18 bits per heavy atom. The zero-order valence-electron chi connectivity index (χ0n) is 10.4. The Morgan fingerprint density at radius 3 is 2.18 bits per heavy atom. The first kappa shape index (κ1) is 12.6. The molecule has 0 aromatic rings. The van der Waals surface area contributed by atoms with E-state index in [1.54, 1.807) is 6.92 Å². The van der Waals surface area contributed by atoms with Crippen LogP contribution >= 0.6 is 0 Å². The van der Waals surface area contributed by atoms with Crippen LogP contribution in [0.1, 0.15) is 51.9 Å². The number of imide groups is 1. The molecule has 4 heteroatoms. The molecule has 96 valence electrons. The van der Waals surface area contributed by atoms with Crippen LogP contribution < -0.4 is 0 Å². The van der Waals surface area contributed by atoms with Crippen LogP contribution in [0.5, 0.6) is 0 Å². The third-order valence-corrected chi connectivity index (χ3v) is 4.21. The van der Waals surface area contributed by atoms with Gasteiger partial charge in [0.2, 0.25) is 11.8 Å². The van der Waals surface area contributed by atoms with Crippen molar-refractivity contribution in [3.8, 4) is 0 Å². The summed E-state index contributed by atoms with van der Waals surface area (Å²) in [6.45, 7) is 1.57. The molecule has 0 unspecified atom stereocenters. The van der Waals surface area contributed by atoms with Crippen LogP contribution in [0, 0.1) is 5.41 Å². The Labute approximate surface area is 102 Å². The number of carbonyl (C=O) groups excluding carboxylic acids is 2. The maximum Gasteiger partial charge on any atom is 0.230 e. The lowest BCUT2D eigenvalue weighted by Gasteiger charge is -2.43. The van der Waals surface area contributed by atoms with Gasteiger partial charge in [-0.15, -0.1) is 0 Å². The van der Waals surface area contributed by atoms with E-state index >= 15 is 0 Å². The largest absolute Gasteiger partial charge is 0.394 e. The summed E-state index contributed by atoms with van der Waals surface area (Å²) < 4.78 is 0. The Bertz CT molecular complexity index is 301. The van der Waals surface area contributed by atoms with Gasteiger partial charge in [0.1, 0.15) is 0 Å². The summed E-state index contributed by atoms with van der Waals surface area (Å²) in [6.07, 6.45) is 6.48. The van der Waals surface area contributed by atoms with Gasteiger partial charge in [-0.05, 0) is 25.2 Å². The highest BCUT2D eigenvalue weighted by atomic mass is 16.3. The number of aliphatic hydroxyl groups excluding tert-OH is 1. The van der Waals surface area contributed by atoms with Crippen molar-refractivity contribution in [2.24, 2.45) is 5.41 Å². The molecule has 1 spiro atoms. The molecular formula is C13H21NO3. The van der Waals surface area contributed by atoms with Crippen LogP contribution in [0.2, 0.25) is 0 Å². The third kappa shape index (κ3) is 2.37. The van der Waals surface area contributed by atoms with Crippen molar-refractivity contribution in [2.75, 3.05) is 6.61 Å². The molecule has 1 heterocycles. The first-order valence-corrected chi connectivity index (χ1v) is 6.54. The lowest BCUT2D eigenvalue weighted by atomic mass is 9.67. The summed E-state index contributed by atoms with van der Waals surface area (Å²) in [4.78, 5) is 25.4. The van der Waals surface area contributed by atoms with Crippen LogP contribution in [0.4, 0.5) is 0 Å². The first-order valence-electron chi connectivity index (χ1n) is 6.54. The molecule has 1 atom stereocenters. The molecule has 1 aliphatic heterocycles. The molecule has 1 aliphatic carbocycles. The Hall–Kier alpha value is -0.900. The van der Waals surface area contributed by atoms with Gasteiger partial charge in [-0.2, -0.15) is 0 Å². The molecule has 2 rings (SSSR count). The van der Waals surface area contributed by atoms with E-state index in [2.05, 4.69) is 0 Å². The average Bonchev–Trinajstić information content (AvgIpc) is 2.28. The number of amides is 2. The van der Waals surface area contributed by atoms with Crippen molar-refractivity contribution >= 4 is 11.8 Å². The summed E-state index contributed by atoms with van der Waals surface area (Å²) in [5.41, 5.74) is -0.0574. The Balaban J connectivity index is 2.12. The van der Waals surface area contributed by atoms with Crippen LogP contribution in [0.25, 0.3) is 0 Å². The lowest BCUT2D eigenvalue weighted by molar-refractivity contribution is -0.158. The molecule has 4 nitrogen and oxygen atoms in total. The van der Waals surface area contributed by atoms with E-state index < -0.39 is 0 Å². The number of likely N-dealkylation sites (tertiary alicyclic amines) is 1. The van der Waals surface area contributed by atoms with E-state index in [1.807, 2.05) is 0 Å². The highest BCUT2D eigenvalue weighted by molar-refractivity contribution is 5.98. The van der Waals surface area contributed by atoms with Crippen molar-refractivity contribution in [2.45, 2.75) is 57.9 Å². The summed E-state index contributed by atoms with van der Waals surface area (Å²) >= 11 is 0. The molecule has 0 bridgehead atoms. The molecule has 2 fully saturated rings. The number of hydrogen-bond acceptors (Lipinski definition) is 3. The Morgan fingerprint density at radius 2 is 1.71 bits per heavy atom. The van der Waals surface area contributed by atoms with Crippen molar-refractivity contribution in [3.63, 3.8) is 0 Å². The van der Waals surface area contributed by atoms with Crippen LogP contribution in [0.15, 0.2) is 0 Å². The van der Waals surface area contributed by atoms with E-state index in [1.165, 1.54) is 11.3 Å². The van der Waals surface area contributed by atoms with Gasteiger partial charge in [0, 0.05) is 12.8 Å². The number of carbonyl (C=O) groups is 2. The topological polar surface area (TPSA) is 57.6 Å². The molecule has 1 saturated heterocycles. The highest BCUT2D eigenvalue weighted by Crippen LogP contribution is 2.45. The summed E-state index contributed by atoms with van der Waals surface area (Å²) in [5, 5.41) is 9.08. The van der Waals surface area contributed by atoms with Gasteiger partial charge in [0.15, 0.2) is 0 Å². The molecule has 1 saturated carbocycles. The molecule has 17 heavy (non-hydrogen) atoms. The molecule has 2 aliphatic rings. The van der Waals surface area contributed by atoms with Gasteiger partial charge in [0.05, 0.1) is 12.6 Å². The Kier molecular flexibility index (Phi) is 3.52. The predicted molar refractivity (Wildman–Crippen MR) is 63.2 cm³/mol. The minimum Gasteiger partial charge on any atom is -0.394 e. The fourth-order valence-electron chi connectivity index (χ4n) is 3.24. The maximum absolute atomic E-state index is 12.1. The second-order valence-corrected chi connectivity index (χ2v) is 5.60. The minimum absolute atomic E-state index is 0.0574. The number of hydrogen-bond donors (Lipinski definition) is 1. The van der Waals surface area contributed by atoms with Crippen molar-refractivity contribution < 1.29 is 14.7 Å². The van der Waals surface area contributed by atoms with E-state index in [9.17, 15) is 9.59 Å². The smallest absolute Gasteiger partial charge is 0.230 e. The zero-order chi connectivity index (χ0) is 12.5. The molecule has 1 N–H and O–H groups in total. The highest BCUT2D eigenvalue weighted by Gasteiger charge is 2.45. The number of rotatable bonds is 2. The van der Waals surface area contributed by atoms with E-state index in [0.29, 0.717) is 12.8 Å². The van der Waals surface area contributed by atoms with Crippen LogP contribution in [-0.2, 0) is 9.59 Å². The van der Waals surface area contributed by atoms with Gasteiger partial charge in [-0.3, -0.25) is 14.5 Å². The lowest BCUT2D eigenvalue weighted by Crippen LogP contribution is -2.53. The van der Waals surface area contributed by atoms with Gasteiger partial charge < -0.3 is 5.11 Å². The minimum atomic E-state index is -0.379. The monoisotopic (exact) mass is 239 g/mol. The fraction of sp³-hybridized carbons (Fsp3) is 0.846. The average molecular weight is 239 g/mol. The van der Waals surface area contributed by atoms with E-state index in [0.717, 1.165) is 25.7 Å². The maximum atomic E-state index is 12.1. The summed E-state index contributed by atoms with van der Waals surface area (Å²) in [7, 11) is 0. The van der Waals surface area contributed by atoms with Gasteiger partial charge in [-0.25, -0.2) is 0 Å².